The molecule has 1 fully saturated rings. The molecule has 7 heteroatoms. The van der Waals surface area contributed by atoms with E-state index in [1.54, 1.807) is 7.11 Å². The number of quaternary nitrogens is 2. The molecule has 1 heterocycles. The predicted molar refractivity (Wildman–Crippen MR) is 121 cm³/mol. The maximum absolute atomic E-state index is 12.6. The molecule has 1 aliphatic rings. The fourth-order valence-corrected chi connectivity index (χ4v) is 4.09. The summed E-state index contributed by atoms with van der Waals surface area (Å²) in [6, 6.07) is 15.6. The lowest BCUT2D eigenvalue weighted by molar-refractivity contribution is -1.02. The highest BCUT2D eigenvalue weighted by Gasteiger charge is 2.30. The number of carbonyl (C=O) groups is 2. The van der Waals surface area contributed by atoms with Crippen LogP contribution in [0.15, 0.2) is 48.5 Å². The van der Waals surface area contributed by atoms with E-state index in [9.17, 15) is 9.59 Å². The van der Waals surface area contributed by atoms with Gasteiger partial charge in [0.05, 0.1) is 20.7 Å². The number of para-hydroxylation sites is 1. The van der Waals surface area contributed by atoms with Crippen LogP contribution in [0, 0.1) is 0 Å². The van der Waals surface area contributed by atoms with Gasteiger partial charge < -0.3 is 25.2 Å². The standard InChI is InChI=1S/C24H32N4O3/c1-4-18-7-5-6-8-21(18)26-24(30)23(29)25-17-22(28-15-13-27(2)14-16-28)19-9-11-20(31-3)12-10-19/h5-12,22H,4,13-17H2,1-3H3,(H,25,29)(H,26,30)/p+2/t22-/m1/s1. The fourth-order valence-electron chi connectivity index (χ4n) is 4.09. The Morgan fingerprint density at radius 3 is 2.32 bits per heavy atom. The van der Waals surface area contributed by atoms with Crippen molar-refractivity contribution in [2.75, 3.05) is 52.2 Å². The van der Waals surface area contributed by atoms with Gasteiger partial charge in [-0.15, -0.1) is 0 Å². The fraction of sp³-hybridized carbons (Fsp3) is 0.417. The van der Waals surface area contributed by atoms with Crippen molar-refractivity contribution in [3.8, 4) is 5.75 Å². The van der Waals surface area contributed by atoms with E-state index in [-0.39, 0.29) is 6.04 Å². The minimum absolute atomic E-state index is 0.0821. The Bertz CT molecular complexity index is 877. The number of nitrogens with one attached hydrogen (secondary N) is 4. The first-order valence-corrected chi connectivity index (χ1v) is 11.0. The Kier molecular flexibility index (Phi) is 8.03. The van der Waals surface area contributed by atoms with E-state index in [0.29, 0.717) is 12.2 Å². The van der Waals surface area contributed by atoms with Crippen LogP contribution in [0.2, 0.25) is 0 Å². The molecule has 4 N–H and O–H groups in total. The maximum Gasteiger partial charge on any atom is 0.313 e. The highest BCUT2D eigenvalue weighted by Crippen LogP contribution is 2.17. The van der Waals surface area contributed by atoms with Gasteiger partial charge in [0.2, 0.25) is 0 Å². The third-order valence-corrected chi connectivity index (χ3v) is 6.08. The second kappa shape index (κ2) is 10.9. The quantitative estimate of drug-likeness (QED) is 0.450. The minimum Gasteiger partial charge on any atom is -0.497 e. The third-order valence-electron chi connectivity index (χ3n) is 6.08. The topological polar surface area (TPSA) is 76.3 Å². The van der Waals surface area contributed by atoms with Crippen molar-refractivity contribution in [1.82, 2.24) is 5.32 Å². The van der Waals surface area contributed by atoms with Gasteiger partial charge in [-0.2, -0.15) is 0 Å². The molecule has 166 valence electrons. The van der Waals surface area contributed by atoms with Crippen LogP contribution >= 0.6 is 0 Å². The van der Waals surface area contributed by atoms with Crippen LogP contribution in [0.5, 0.6) is 5.75 Å². The summed E-state index contributed by atoms with van der Waals surface area (Å²) < 4.78 is 5.28. The molecule has 31 heavy (non-hydrogen) atoms. The minimum atomic E-state index is -0.632. The molecule has 1 saturated heterocycles. The van der Waals surface area contributed by atoms with E-state index in [1.807, 2.05) is 55.5 Å². The zero-order chi connectivity index (χ0) is 22.2. The molecule has 0 unspecified atom stereocenters. The summed E-state index contributed by atoms with van der Waals surface area (Å²) >= 11 is 0. The van der Waals surface area contributed by atoms with Crippen molar-refractivity contribution in [3.05, 3.63) is 59.7 Å². The van der Waals surface area contributed by atoms with Gasteiger partial charge in [-0.05, 0) is 42.3 Å². The molecule has 0 bridgehead atoms. The number of aryl methyl sites for hydroxylation is 1. The van der Waals surface area contributed by atoms with Crippen molar-refractivity contribution >= 4 is 17.5 Å². The summed E-state index contributed by atoms with van der Waals surface area (Å²) in [6.45, 7) is 6.64. The van der Waals surface area contributed by atoms with Gasteiger partial charge >= 0.3 is 11.8 Å². The number of benzene rings is 2. The number of rotatable bonds is 7. The van der Waals surface area contributed by atoms with Gasteiger partial charge in [0, 0.05) is 11.3 Å². The molecule has 0 saturated carbocycles. The van der Waals surface area contributed by atoms with Crippen LogP contribution in [0.4, 0.5) is 5.69 Å². The predicted octanol–water partition coefficient (Wildman–Crippen LogP) is -0.533. The lowest BCUT2D eigenvalue weighted by Gasteiger charge is -2.33. The van der Waals surface area contributed by atoms with Crippen molar-refractivity contribution in [1.29, 1.82) is 0 Å². The Morgan fingerprint density at radius 2 is 1.68 bits per heavy atom. The molecule has 1 atom stereocenters. The number of amides is 2. The number of hydrogen-bond acceptors (Lipinski definition) is 3. The number of anilines is 1. The molecule has 0 aromatic heterocycles. The van der Waals surface area contributed by atoms with E-state index in [0.717, 1.165) is 49.5 Å². The summed E-state index contributed by atoms with van der Waals surface area (Å²) in [5.74, 6) is -0.436. The number of carbonyl (C=O) groups excluding carboxylic acids is 2. The number of piperazine rings is 1. The van der Waals surface area contributed by atoms with Crippen molar-refractivity contribution in [3.63, 3.8) is 0 Å². The molecular weight excluding hydrogens is 392 g/mol. The maximum atomic E-state index is 12.6. The molecule has 2 aromatic rings. The van der Waals surface area contributed by atoms with Gasteiger partial charge in [0.25, 0.3) is 0 Å². The van der Waals surface area contributed by atoms with Gasteiger partial charge in [0.15, 0.2) is 0 Å². The number of methoxy groups -OCH3 is 1. The molecule has 3 rings (SSSR count). The molecule has 0 spiro atoms. The first-order chi connectivity index (χ1) is 15.0. The van der Waals surface area contributed by atoms with E-state index < -0.39 is 11.8 Å². The zero-order valence-electron chi connectivity index (χ0n) is 18.7. The number of ether oxygens (including phenoxy) is 1. The third kappa shape index (κ3) is 6.06. The molecule has 0 radical (unpaired) electrons. The largest absolute Gasteiger partial charge is 0.497 e. The van der Waals surface area contributed by atoms with Crippen LogP contribution in [-0.4, -0.2) is 58.7 Å². The van der Waals surface area contributed by atoms with Crippen LogP contribution in [0.3, 0.4) is 0 Å². The van der Waals surface area contributed by atoms with Crippen LogP contribution in [-0.2, 0) is 16.0 Å². The SMILES string of the molecule is CCc1ccccc1NC(=O)C(=O)NC[C@H](c1ccc(OC)cc1)[NH+]1CC[NH+](C)CC1. The summed E-state index contributed by atoms with van der Waals surface area (Å²) in [5, 5.41) is 5.61. The van der Waals surface area contributed by atoms with E-state index >= 15 is 0 Å². The highest BCUT2D eigenvalue weighted by molar-refractivity contribution is 6.39. The van der Waals surface area contributed by atoms with Gasteiger partial charge in [-0.1, -0.05) is 25.1 Å². The Hall–Kier alpha value is -2.90. The van der Waals surface area contributed by atoms with E-state index in [4.69, 9.17) is 4.74 Å². The normalized spacial score (nSPS) is 19.3. The number of likely N-dealkylation sites (N-methyl/N-ethyl adjacent to an activating group) is 1. The van der Waals surface area contributed by atoms with Crippen LogP contribution < -0.4 is 25.2 Å². The molecule has 0 aliphatic carbocycles. The lowest BCUT2D eigenvalue weighted by atomic mass is 10.0. The number of hydrogen-bond donors (Lipinski definition) is 4. The molecular formula is C24H34N4O3+2. The summed E-state index contributed by atoms with van der Waals surface area (Å²) in [6.07, 6.45) is 0.784. The Balaban J connectivity index is 1.67. The first-order valence-electron chi connectivity index (χ1n) is 11.0. The smallest absolute Gasteiger partial charge is 0.313 e. The first kappa shape index (κ1) is 22.8. The van der Waals surface area contributed by atoms with E-state index in [2.05, 4.69) is 17.7 Å². The summed E-state index contributed by atoms with van der Waals surface area (Å²) in [4.78, 5) is 28.0. The average Bonchev–Trinajstić information content (AvgIpc) is 2.80. The molecule has 2 amide bonds. The van der Waals surface area contributed by atoms with Crippen LogP contribution in [0.1, 0.15) is 24.1 Å². The van der Waals surface area contributed by atoms with Gasteiger partial charge in [-0.25, -0.2) is 0 Å². The Labute approximate surface area is 184 Å². The van der Waals surface area contributed by atoms with Crippen molar-refractivity contribution in [2.24, 2.45) is 0 Å². The highest BCUT2D eigenvalue weighted by atomic mass is 16.5. The molecule has 2 aromatic carbocycles. The van der Waals surface area contributed by atoms with E-state index in [1.165, 1.54) is 9.80 Å². The van der Waals surface area contributed by atoms with Crippen LogP contribution in [0.25, 0.3) is 0 Å². The molecule has 7 nitrogen and oxygen atoms in total. The summed E-state index contributed by atoms with van der Waals surface area (Å²) in [5.41, 5.74) is 2.82. The zero-order valence-corrected chi connectivity index (χ0v) is 18.7. The Morgan fingerprint density at radius 1 is 1.00 bits per heavy atom. The van der Waals surface area contributed by atoms with Gasteiger partial charge in [-0.3, -0.25) is 9.59 Å². The second-order valence-corrected chi connectivity index (χ2v) is 8.12. The second-order valence-electron chi connectivity index (χ2n) is 8.12. The average molecular weight is 427 g/mol. The van der Waals surface area contributed by atoms with Crippen molar-refractivity contribution < 1.29 is 24.1 Å². The monoisotopic (exact) mass is 426 g/mol. The summed E-state index contributed by atoms with van der Waals surface area (Å²) in [7, 11) is 3.86. The lowest BCUT2D eigenvalue weighted by Crippen LogP contribution is -3.27. The van der Waals surface area contributed by atoms with Crippen molar-refractivity contribution in [2.45, 2.75) is 19.4 Å². The van der Waals surface area contributed by atoms with Gasteiger partial charge in [0.1, 0.15) is 38.0 Å². The molecule has 1 aliphatic heterocycles.